The summed E-state index contributed by atoms with van der Waals surface area (Å²) in [6.45, 7) is 2.08. The van der Waals surface area contributed by atoms with E-state index in [0.29, 0.717) is 0 Å². The summed E-state index contributed by atoms with van der Waals surface area (Å²) < 4.78 is 1.85. The Bertz CT molecular complexity index is 576. The van der Waals surface area contributed by atoms with Crippen LogP contribution in [-0.4, -0.2) is 22.9 Å². The van der Waals surface area contributed by atoms with E-state index < -0.39 is 0 Å². The molecule has 6 heteroatoms. The molecule has 0 saturated heterocycles. The molecule has 1 aromatic heterocycles. The Kier molecular flexibility index (Phi) is 4.24. The van der Waals surface area contributed by atoms with Crippen molar-refractivity contribution in [2.75, 3.05) is 17.7 Å². The highest BCUT2D eigenvalue weighted by atomic mass is 16.2. The molecule has 3 N–H and O–H groups in total. The molecule has 0 aliphatic heterocycles. The highest BCUT2D eigenvalue weighted by Gasteiger charge is 2.09. The minimum Gasteiger partial charge on any atom is -0.377 e. The summed E-state index contributed by atoms with van der Waals surface area (Å²) in [6.07, 6.45) is 1.78. The van der Waals surface area contributed by atoms with Crippen LogP contribution in [0.2, 0.25) is 0 Å². The molecule has 0 fully saturated rings. The van der Waals surface area contributed by atoms with Crippen LogP contribution in [0, 0.1) is 0 Å². The smallest absolute Gasteiger partial charge is 0.318 e. The van der Waals surface area contributed by atoms with E-state index >= 15 is 0 Å². The van der Waals surface area contributed by atoms with Gasteiger partial charge in [-0.05, 0) is 37.3 Å². The van der Waals surface area contributed by atoms with Crippen LogP contribution in [0.3, 0.4) is 0 Å². The zero-order valence-electron chi connectivity index (χ0n) is 11.8. The monoisotopic (exact) mass is 273 g/mol. The van der Waals surface area contributed by atoms with Gasteiger partial charge >= 0.3 is 6.03 Å². The van der Waals surface area contributed by atoms with Crippen LogP contribution < -0.4 is 16.0 Å². The number of nitrogens with zero attached hydrogens (tertiary/aromatic N) is 2. The summed E-state index contributed by atoms with van der Waals surface area (Å²) in [6, 6.07) is 9.48. The SMILES string of the molecule is CNC(=O)Nc1ccc(NC(C)c2ccnn2C)cc1. The number of hydrogen-bond acceptors (Lipinski definition) is 3. The van der Waals surface area contributed by atoms with Gasteiger partial charge in [0, 0.05) is 31.7 Å². The molecule has 0 bridgehead atoms. The number of aryl methyl sites for hydroxylation is 1. The van der Waals surface area contributed by atoms with E-state index in [-0.39, 0.29) is 12.1 Å². The molecular weight excluding hydrogens is 254 g/mol. The Morgan fingerprint density at radius 1 is 1.20 bits per heavy atom. The number of carbonyl (C=O) groups is 1. The molecule has 20 heavy (non-hydrogen) atoms. The lowest BCUT2D eigenvalue weighted by atomic mass is 10.2. The highest BCUT2D eigenvalue weighted by molar-refractivity contribution is 5.89. The van der Waals surface area contributed by atoms with E-state index in [1.807, 2.05) is 42.1 Å². The van der Waals surface area contributed by atoms with Gasteiger partial charge in [-0.25, -0.2) is 4.79 Å². The van der Waals surface area contributed by atoms with Crippen molar-refractivity contribution in [1.82, 2.24) is 15.1 Å². The molecule has 0 aliphatic rings. The second-order valence-corrected chi connectivity index (χ2v) is 4.53. The van der Waals surface area contributed by atoms with Crippen LogP contribution in [-0.2, 0) is 7.05 Å². The summed E-state index contributed by atoms with van der Waals surface area (Å²) in [5, 5.41) is 12.8. The van der Waals surface area contributed by atoms with Crippen molar-refractivity contribution in [3.63, 3.8) is 0 Å². The van der Waals surface area contributed by atoms with Crippen LogP contribution in [0.5, 0.6) is 0 Å². The average Bonchev–Trinajstić information content (AvgIpc) is 2.87. The molecule has 1 unspecified atom stereocenters. The molecule has 0 saturated carbocycles. The second-order valence-electron chi connectivity index (χ2n) is 4.53. The fourth-order valence-electron chi connectivity index (χ4n) is 1.98. The molecule has 1 heterocycles. The third-order valence-electron chi connectivity index (χ3n) is 3.06. The van der Waals surface area contributed by atoms with Gasteiger partial charge in [0.15, 0.2) is 0 Å². The average molecular weight is 273 g/mol. The number of nitrogens with one attached hydrogen (secondary N) is 3. The Balaban J connectivity index is 2.00. The van der Waals surface area contributed by atoms with Gasteiger partial charge in [-0.1, -0.05) is 0 Å². The van der Waals surface area contributed by atoms with E-state index in [2.05, 4.69) is 28.0 Å². The number of urea groups is 1. The van der Waals surface area contributed by atoms with Crippen LogP contribution in [0.1, 0.15) is 18.7 Å². The lowest BCUT2D eigenvalue weighted by molar-refractivity contribution is 0.254. The van der Waals surface area contributed by atoms with Gasteiger partial charge in [-0.2, -0.15) is 5.10 Å². The maximum atomic E-state index is 11.2. The van der Waals surface area contributed by atoms with Crippen molar-refractivity contribution in [3.05, 3.63) is 42.2 Å². The van der Waals surface area contributed by atoms with E-state index in [1.165, 1.54) is 0 Å². The fraction of sp³-hybridized carbons (Fsp3) is 0.286. The fourth-order valence-corrected chi connectivity index (χ4v) is 1.98. The first-order chi connectivity index (χ1) is 9.60. The zero-order valence-corrected chi connectivity index (χ0v) is 11.8. The minimum absolute atomic E-state index is 0.153. The van der Waals surface area contributed by atoms with Gasteiger partial charge in [0.2, 0.25) is 0 Å². The summed E-state index contributed by atoms with van der Waals surface area (Å²) in [4.78, 5) is 11.2. The Labute approximate surface area is 118 Å². The summed E-state index contributed by atoms with van der Waals surface area (Å²) in [5.41, 5.74) is 2.85. The molecule has 2 aromatic rings. The number of aromatic nitrogens is 2. The van der Waals surface area contributed by atoms with Gasteiger partial charge in [-0.3, -0.25) is 4.68 Å². The zero-order chi connectivity index (χ0) is 14.5. The van der Waals surface area contributed by atoms with Crippen molar-refractivity contribution in [2.24, 2.45) is 7.05 Å². The third-order valence-corrected chi connectivity index (χ3v) is 3.06. The van der Waals surface area contributed by atoms with E-state index in [1.54, 1.807) is 13.2 Å². The lowest BCUT2D eigenvalue weighted by Crippen LogP contribution is -2.24. The summed E-state index contributed by atoms with van der Waals surface area (Å²) in [5.74, 6) is 0. The van der Waals surface area contributed by atoms with E-state index in [0.717, 1.165) is 17.1 Å². The van der Waals surface area contributed by atoms with Crippen molar-refractivity contribution in [1.29, 1.82) is 0 Å². The summed E-state index contributed by atoms with van der Waals surface area (Å²) in [7, 11) is 3.50. The number of rotatable bonds is 4. The summed E-state index contributed by atoms with van der Waals surface area (Å²) >= 11 is 0. The van der Waals surface area contributed by atoms with Crippen molar-refractivity contribution in [3.8, 4) is 0 Å². The van der Waals surface area contributed by atoms with Crippen molar-refractivity contribution >= 4 is 17.4 Å². The molecule has 6 nitrogen and oxygen atoms in total. The minimum atomic E-state index is -0.228. The Morgan fingerprint density at radius 3 is 2.40 bits per heavy atom. The predicted molar refractivity (Wildman–Crippen MR) is 79.8 cm³/mol. The van der Waals surface area contributed by atoms with Gasteiger partial charge in [0.1, 0.15) is 0 Å². The Hall–Kier alpha value is -2.50. The molecule has 0 aliphatic carbocycles. The van der Waals surface area contributed by atoms with E-state index in [9.17, 15) is 4.79 Å². The van der Waals surface area contributed by atoms with Crippen molar-refractivity contribution in [2.45, 2.75) is 13.0 Å². The van der Waals surface area contributed by atoms with E-state index in [4.69, 9.17) is 0 Å². The van der Waals surface area contributed by atoms with Gasteiger partial charge in [0.05, 0.1) is 11.7 Å². The molecule has 0 spiro atoms. The molecular formula is C14H19N5O. The molecule has 2 rings (SSSR count). The molecule has 1 atom stereocenters. The number of hydrogen-bond donors (Lipinski definition) is 3. The van der Waals surface area contributed by atoms with Gasteiger partial charge in [0.25, 0.3) is 0 Å². The molecule has 1 aromatic carbocycles. The van der Waals surface area contributed by atoms with Crippen LogP contribution in [0.25, 0.3) is 0 Å². The third kappa shape index (κ3) is 3.28. The van der Waals surface area contributed by atoms with Crippen molar-refractivity contribution < 1.29 is 4.79 Å². The maximum Gasteiger partial charge on any atom is 0.318 e. The number of amides is 2. The normalized spacial score (nSPS) is 11.8. The maximum absolute atomic E-state index is 11.2. The standard InChI is InChI=1S/C14H19N5O/c1-10(13-8-9-16-19(13)3)17-11-4-6-12(7-5-11)18-14(20)15-2/h4-10,17H,1-3H3,(H2,15,18,20). The second kappa shape index (κ2) is 6.10. The first kappa shape index (κ1) is 13.9. The van der Waals surface area contributed by atoms with Gasteiger partial charge in [-0.15, -0.1) is 0 Å². The first-order valence-corrected chi connectivity index (χ1v) is 6.43. The van der Waals surface area contributed by atoms with Crippen LogP contribution >= 0.6 is 0 Å². The largest absolute Gasteiger partial charge is 0.377 e. The number of anilines is 2. The predicted octanol–water partition coefficient (Wildman–Crippen LogP) is 2.34. The van der Waals surface area contributed by atoms with Gasteiger partial charge < -0.3 is 16.0 Å². The van der Waals surface area contributed by atoms with Crippen LogP contribution in [0.15, 0.2) is 36.5 Å². The number of carbonyl (C=O) groups excluding carboxylic acids is 1. The van der Waals surface area contributed by atoms with Crippen LogP contribution in [0.4, 0.5) is 16.2 Å². The topological polar surface area (TPSA) is 71.0 Å². The Morgan fingerprint density at radius 2 is 1.85 bits per heavy atom. The molecule has 2 amide bonds. The quantitative estimate of drug-likeness (QED) is 0.800. The lowest BCUT2D eigenvalue weighted by Gasteiger charge is -2.16. The number of benzene rings is 1. The molecule has 106 valence electrons. The first-order valence-electron chi connectivity index (χ1n) is 6.43. The molecule has 0 radical (unpaired) electrons. The highest BCUT2D eigenvalue weighted by Crippen LogP contribution is 2.20.